The van der Waals surface area contributed by atoms with E-state index in [9.17, 15) is 24.0 Å². The first kappa shape index (κ1) is 25.8. The van der Waals surface area contributed by atoms with Gasteiger partial charge in [0.25, 0.3) is 11.1 Å². The zero-order chi connectivity index (χ0) is 26.4. The smallest absolute Gasteiger partial charge is 0.328 e. The third-order valence-corrected chi connectivity index (χ3v) is 6.44. The van der Waals surface area contributed by atoms with Crippen molar-refractivity contribution in [2.24, 2.45) is 5.73 Å². The van der Waals surface area contributed by atoms with E-state index in [0.717, 1.165) is 0 Å². The molecule has 0 aliphatic carbocycles. The molecule has 11 heteroatoms. The van der Waals surface area contributed by atoms with Gasteiger partial charge in [-0.05, 0) is 56.5 Å². The summed E-state index contributed by atoms with van der Waals surface area (Å²) >= 11 is 0. The lowest BCUT2D eigenvalue weighted by Crippen LogP contribution is -2.37. The molecule has 4 rings (SSSR count). The van der Waals surface area contributed by atoms with Crippen LogP contribution in [0.4, 0.5) is 0 Å². The number of primary amides is 1. The van der Waals surface area contributed by atoms with E-state index in [1.807, 2.05) is 0 Å². The van der Waals surface area contributed by atoms with E-state index in [1.165, 1.54) is 9.13 Å². The first-order valence-electron chi connectivity index (χ1n) is 12.3. The number of nitrogens with two attached hydrogens (primary N) is 1. The quantitative estimate of drug-likeness (QED) is 0.207. The van der Waals surface area contributed by atoms with E-state index >= 15 is 0 Å². The number of amides is 1. The monoisotopic (exact) mass is 506 g/mol. The number of nitrogens with zero attached hydrogens (tertiary/aromatic N) is 2. The number of H-pyrrole nitrogens is 2. The highest BCUT2D eigenvalue weighted by Crippen LogP contribution is 2.08. The number of fused-ring (bicyclic) bond motifs is 2. The Labute approximate surface area is 210 Å². The van der Waals surface area contributed by atoms with Crippen LogP contribution >= 0.6 is 0 Å². The largest absolute Gasteiger partial charge is 0.370 e. The maximum absolute atomic E-state index is 12.7. The van der Waals surface area contributed by atoms with Gasteiger partial charge in [0.05, 0.1) is 21.8 Å². The Kier molecular flexibility index (Phi) is 8.14. The lowest BCUT2D eigenvalue weighted by atomic mass is 10.1. The van der Waals surface area contributed by atoms with Gasteiger partial charge in [-0.15, -0.1) is 0 Å². The highest BCUT2D eigenvalue weighted by atomic mass is 16.2. The minimum Gasteiger partial charge on any atom is -0.370 e. The van der Waals surface area contributed by atoms with Gasteiger partial charge < -0.3 is 21.0 Å². The number of carbonyl (C=O) groups excluding carboxylic acids is 1. The summed E-state index contributed by atoms with van der Waals surface area (Å²) < 4.78 is 2.37. The van der Waals surface area contributed by atoms with E-state index in [-0.39, 0.29) is 36.7 Å². The fraction of sp³-hybridized carbons (Fsp3) is 0.346. The Bertz CT molecular complexity index is 1650. The Morgan fingerprint density at radius 2 is 1.30 bits per heavy atom. The minimum absolute atomic E-state index is 0.0886. The van der Waals surface area contributed by atoms with Gasteiger partial charge in [-0.3, -0.25) is 23.5 Å². The van der Waals surface area contributed by atoms with Gasteiger partial charge in [0.15, 0.2) is 0 Å². The molecule has 1 amide bonds. The van der Waals surface area contributed by atoms with Gasteiger partial charge in [-0.25, -0.2) is 9.59 Å². The van der Waals surface area contributed by atoms with E-state index in [0.29, 0.717) is 54.0 Å². The number of para-hydroxylation sites is 2. The van der Waals surface area contributed by atoms with Crippen molar-refractivity contribution >= 4 is 27.7 Å². The molecule has 2 heterocycles. The summed E-state index contributed by atoms with van der Waals surface area (Å²) in [7, 11) is 0. The van der Waals surface area contributed by atoms with Gasteiger partial charge in [-0.2, -0.15) is 0 Å². The molecular formula is C26H30N6O5. The number of aromatic amines is 2. The van der Waals surface area contributed by atoms with Crippen LogP contribution in [0.1, 0.15) is 32.1 Å². The Morgan fingerprint density at radius 1 is 0.784 bits per heavy atom. The lowest BCUT2D eigenvalue weighted by molar-refractivity contribution is -0.118. The maximum atomic E-state index is 12.7. The molecule has 2 aromatic carbocycles. The molecule has 11 nitrogen and oxygen atoms in total. The van der Waals surface area contributed by atoms with Gasteiger partial charge in [-0.1, -0.05) is 24.3 Å². The molecule has 194 valence electrons. The van der Waals surface area contributed by atoms with Crippen molar-refractivity contribution in [2.45, 2.75) is 51.2 Å². The highest BCUT2D eigenvalue weighted by Gasteiger charge is 2.13. The van der Waals surface area contributed by atoms with E-state index in [1.54, 1.807) is 48.5 Å². The molecule has 1 unspecified atom stereocenters. The van der Waals surface area contributed by atoms with Crippen LogP contribution in [0.2, 0.25) is 0 Å². The average Bonchev–Trinajstić information content (AvgIpc) is 2.88. The number of hydrogen-bond donors (Lipinski definition) is 4. The third-order valence-electron chi connectivity index (χ3n) is 6.44. The maximum Gasteiger partial charge on any atom is 0.328 e. The van der Waals surface area contributed by atoms with Crippen LogP contribution in [0.25, 0.3) is 21.8 Å². The number of nitrogens with one attached hydrogen (secondary N) is 3. The predicted molar refractivity (Wildman–Crippen MR) is 142 cm³/mol. The number of rotatable bonds is 12. The van der Waals surface area contributed by atoms with Crippen LogP contribution in [0.5, 0.6) is 0 Å². The summed E-state index contributed by atoms with van der Waals surface area (Å²) in [4.78, 5) is 67.0. The molecule has 2 aromatic heterocycles. The zero-order valence-corrected chi connectivity index (χ0v) is 20.4. The van der Waals surface area contributed by atoms with E-state index < -0.39 is 17.3 Å². The fourth-order valence-corrected chi connectivity index (χ4v) is 4.51. The Morgan fingerprint density at radius 3 is 1.84 bits per heavy atom. The average molecular weight is 507 g/mol. The molecule has 5 N–H and O–H groups in total. The van der Waals surface area contributed by atoms with Crippen LogP contribution in [-0.4, -0.2) is 37.6 Å². The zero-order valence-electron chi connectivity index (χ0n) is 20.4. The van der Waals surface area contributed by atoms with Gasteiger partial charge in [0.2, 0.25) is 5.91 Å². The molecule has 0 radical (unpaired) electrons. The van der Waals surface area contributed by atoms with Crippen molar-refractivity contribution in [1.82, 2.24) is 24.4 Å². The lowest BCUT2D eigenvalue weighted by Gasteiger charge is -2.18. The van der Waals surface area contributed by atoms with Crippen LogP contribution in [0.15, 0.2) is 67.7 Å². The number of hydrogen-bond acceptors (Lipinski definition) is 6. The van der Waals surface area contributed by atoms with Gasteiger partial charge in [0, 0.05) is 25.6 Å². The first-order chi connectivity index (χ1) is 17.8. The van der Waals surface area contributed by atoms with Crippen molar-refractivity contribution < 1.29 is 4.79 Å². The summed E-state index contributed by atoms with van der Waals surface area (Å²) in [5, 5.41) is 4.26. The van der Waals surface area contributed by atoms with Crippen molar-refractivity contribution in [3.8, 4) is 0 Å². The SMILES string of the molecule is NC(=O)CCC(CCCn1c(=O)[nH]c2ccccc2c1=O)NCCCn1c(=O)[nH]c2ccccc2c1=O. The molecule has 0 fully saturated rings. The van der Waals surface area contributed by atoms with Crippen molar-refractivity contribution in [3.05, 3.63) is 90.2 Å². The molecule has 4 aromatic rings. The molecule has 1 atom stereocenters. The molecule has 0 bridgehead atoms. The van der Waals surface area contributed by atoms with Crippen LogP contribution < -0.4 is 33.5 Å². The van der Waals surface area contributed by atoms with E-state index in [4.69, 9.17) is 5.73 Å². The Hall–Kier alpha value is -4.25. The molecule has 0 spiro atoms. The number of aromatic nitrogens is 4. The molecule has 0 aliphatic rings. The fourth-order valence-electron chi connectivity index (χ4n) is 4.51. The molecule has 37 heavy (non-hydrogen) atoms. The summed E-state index contributed by atoms with van der Waals surface area (Å²) in [6.45, 7) is 0.963. The summed E-state index contributed by atoms with van der Waals surface area (Å²) in [5.74, 6) is -0.414. The van der Waals surface area contributed by atoms with Crippen LogP contribution in [-0.2, 0) is 17.9 Å². The highest BCUT2D eigenvalue weighted by molar-refractivity contribution is 5.77. The summed E-state index contributed by atoms with van der Waals surface area (Å²) in [6.07, 6.45) is 2.33. The van der Waals surface area contributed by atoms with Crippen molar-refractivity contribution in [2.75, 3.05) is 6.54 Å². The minimum atomic E-state index is -0.462. The standard InChI is InChI=1S/C26H30N6O5/c27-22(33)13-12-17(7-5-15-31-23(34)18-8-1-3-10-20(18)29-25(31)36)28-14-6-16-32-24(35)19-9-2-4-11-21(19)30-26(32)37/h1-4,8-11,17,28H,5-7,12-16H2,(H2,27,33)(H,29,36)(H,30,37). The van der Waals surface area contributed by atoms with Crippen LogP contribution in [0, 0.1) is 0 Å². The van der Waals surface area contributed by atoms with Crippen LogP contribution in [0.3, 0.4) is 0 Å². The van der Waals surface area contributed by atoms with Gasteiger partial charge >= 0.3 is 11.4 Å². The predicted octanol–water partition coefficient (Wildman–Crippen LogP) is 0.787. The van der Waals surface area contributed by atoms with Gasteiger partial charge in [0.1, 0.15) is 0 Å². The molecule has 0 aliphatic heterocycles. The Balaban J connectivity index is 1.36. The number of benzene rings is 2. The normalized spacial score (nSPS) is 12.2. The summed E-state index contributed by atoms with van der Waals surface area (Å²) in [6, 6.07) is 13.6. The third kappa shape index (κ3) is 6.12. The molecule has 0 saturated heterocycles. The first-order valence-corrected chi connectivity index (χ1v) is 12.3. The topological polar surface area (TPSA) is 165 Å². The summed E-state index contributed by atoms with van der Waals surface area (Å²) in [5.41, 5.74) is 4.73. The van der Waals surface area contributed by atoms with Crippen molar-refractivity contribution in [1.29, 1.82) is 0 Å². The molecular weight excluding hydrogens is 476 g/mol. The van der Waals surface area contributed by atoms with Crippen molar-refractivity contribution in [3.63, 3.8) is 0 Å². The second-order valence-electron chi connectivity index (χ2n) is 9.02. The number of carbonyl (C=O) groups is 1. The second kappa shape index (κ2) is 11.7. The molecule has 0 saturated carbocycles. The second-order valence-corrected chi connectivity index (χ2v) is 9.02. The van der Waals surface area contributed by atoms with E-state index in [2.05, 4.69) is 15.3 Å².